The van der Waals surface area contributed by atoms with Crippen LogP contribution in [0.3, 0.4) is 0 Å². The van der Waals surface area contributed by atoms with Crippen molar-refractivity contribution >= 4 is 21.8 Å². The van der Waals surface area contributed by atoms with E-state index in [1.54, 1.807) is 30.0 Å². The minimum absolute atomic E-state index is 0.118. The van der Waals surface area contributed by atoms with Gasteiger partial charge < -0.3 is 5.11 Å². The number of benzene rings is 1. The summed E-state index contributed by atoms with van der Waals surface area (Å²) in [5.41, 5.74) is 1.38. The van der Waals surface area contributed by atoms with E-state index in [4.69, 9.17) is 0 Å². The van der Waals surface area contributed by atoms with Crippen molar-refractivity contribution in [2.24, 2.45) is 0 Å². The highest BCUT2D eigenvalue weighted by atomic mass is 32.2. The second-order valence-corrected chi connectivity index (χ2v) is 7.64. The Bertz CT molecular complexity index is 529. The third kappa shape index (κ3) is 4.77. The summed E-state index contributed by atoms with van der Waals surface area (Å²) < 4.78 is 27.6. The predicted octanol–water partition coefficient (Wildman–Crippen LogP) is 2.16. The largest absolute Gasteiger partial charge is 0.392 e. The summed E-state index contributed by atoms with van der Waals surface area (Å²) in [7, 11) is -3.54. The predicted molar refractivity (Wildman–Crippen MR) is 84.5 cm³/mol. The van der Waals surface area contributed by atoms with Crippen LogP contribution >= 0.6 is 11.8 Å². The maximum Gasteiger partial charge on any atom is 0.241 e. The molecule has 114 valence electrons. The van der Waals surface area contributed by atoms with E-state index in [1.165, 1.54) is 0 Å². The lowest BCUT2D eigenvalue weighted by Crippen LogP contribution is -2.34. The van der Waals surface area contributed by atoms with E-state index < -0.39 is 10.0 Å². The summed E-state index contributed by atoms with van der Waals surface area (Å²) in [4.78, 5) is 0.278. The first-order valence-electron chi connectivity index (χ1n) is 6.77. The Hall–Kier alpha value is -0.560. The number of nitrogens with one attached hydrogen (secondary N) is 1. The lowest BCUT2D eigenvalue weighted by atomic mass is 10.1. The van der Waals surface area contributed by atoms with E-state index in [-0.39, 0.29) is 17.5 Å². The molecule has 0 aromatic heterocycles. The van der Waals surface area contributed by atoms with Gasteiger partial charge >= 0.3 is 0 Å². The highest BCUT2D eigenvalue weighted by Gasteiger charge is 2.20. The molecule has 0 amide bonds. The smallest absolute Gasteiger partial charge is 0.241 e. The van der Waals surface area contributed by atoms with Gasteiger partial charge in [0.25, 0.3) is 0 Å². The SMILES string of the molecule is CCSCC(C)NS(=O)(=O)c1cc(CO)ccc1CC. The van der Waals surface area contributed by atoms with Gasteiger partial charge in [0.2, 0.25) is 10.0 Å². The van der Waals surface area contributed by atoms with Crippen molar-refractivity contribution < 1.29 is 13.5 Å². The van der Waals surface area contributed by atoms with Gasteiger partial charge in [-0.3, -0.25) is 0 Å². The lowest BCUT2D eigenvalue weighted by Gasteiger charge is -2.16. The maximum absolute atomic E-state index is 12.5. The molecule has 1 aromatic carbocycles. The Morgan fingerprint density at radius 3 is 2.60 bits per heavy atom. The third-order valence-corrected chi connectivity index (χ3v) is 5.73. The molecule has 1 rings (SSSR count). The fraction of sp³-hybridized carbons (Fsp3) is 0.571. The van der Waals surface area contributed by atoms with E-state index >= 15 is 0 Å². The van der Waals surface area contributed by atoms with Gasteiger partial charge in [0.05, 0.1) is 11.5 Å². The van der Waals surface area contributed by atoms with Crippen LogP contribution in [-0.4, -0.2) is 31.1 Å². The summed E-state index contributed by atoms with van der Waals surface area (Å²) in [6, 6.07) is 4.97. The lowest BCUT2D eigenvalue weighted by molar-refractivity contribution is 0.281. The molecule has 0 fully saturated rings. The molecule has 0 bridgehead atoms. The van der Waals surface area contributed by atoms with Crippen LogP contribution in [0, 0.1) is 0 Å². The van der Waals surface area contributed by atoms with Crippen molar-refractivity contribution in [1.29, 1.82) is 0 Å². The van der Waals surface area contributed by atoms with E-state index in [2.05, 4.69) is 4.72 Å². The standard InChI is InChI=1S/C14H23NO3S2/c1-4-13-7-6-12(9-16)8-14(13)20(17,18)15-11(3)10-19-5-2/h6-8,11,15-16H,4-5,9-10H2,1-3H3. The van der Waals surface area contributed by atoms with Crippen LogP contribution in [0.5, 0.6) is 0 Å². The number of aryl methyl sites for hydroxylation is 1. The van der Waals surface area contributed by atoms with Gasteiger partial charge in [-0.1, -0.05) is 26.0 Å². The third-order valence-electron chi connectivity index (χ3n) is 2.91. The average Bonchev–Trinajstić information content (AvgIpc) is 2.43. The van der Waals surface area contributed by atoms with Gasteiger partial charge in [-0.05, 0) is 36.3 Å². The van der Waals surface area contributed by atoms with Crippen LogP contribution in [0.25, 0.3) is 0 Å². The van der Waals surface area contributed by atoms with Crippen molar-refractivity contribution in [3.8, 4) is 0 Å². The van der Waals surface area contributed by atoms with Crippen molar-refractivity contribution in [2.45, 2.75) is 44.7 Å². The molecule has 0 aliphatic rings. The van der Waals surface area contributed by atoms with Crippen LogP contribution < -0.4 is 4.72 Å². The van der Waals surface area contributed by atoms with Gasteiger partial charge in [-0.2, -0.15) is 11.8 Å². The Balaban J connectivity index is 3.01. The zero-order valence-electron chi connectivity index (χ0n) is 12.2. The molecule has 0 spiro atoms. The zero-order chi connectivity index (χ0) is 15.2. The molecule has 20 heavy (non-hydrogen) atoms. The van der Waals surface area contributed by atoms with Crippen LogP contribution in [0.15, 0.2) is 23.1 Å². The fourth-order valence-electron chi connectivity index (χ4n) is 1.90. The van der Waals surface area contributed by atoms with Crippen LogP contribution in [0.2, 0.25) is 0 Å². The monoisotopic (exact) mass is 317 g/mol. The number of sulfonamides is 1. The highest BCUT2D eigenvalue weighted by molar-refractivity contribution is 7.99. The Morgan fingerprint density at radius 1 is 1.35 bits per heavy atom. The van der Waals surface area contributed by atoms with Gasteiger partial charge in [-0.25, -0.2) is 13.1 Å². The van der Waals surface area contributed by atoms with E-state index in [1.807, 2.05) is 20.8 Å². The average molecular weight is 317 g/mol. The van der Waals surface area contributed by atoms with Gasteiger partial charge in [0, 0.05) is 11.8 Å². The number of aliphatic hydroxyl groups is 1. The quantitative estimate of drug-likeness (QED) is 0.771. The molecule has 2 N–H and O–H groups in total. The molecule has 0 saturated carbocycles. The van der Waals surface area contributed by atoms with Crippen molar-refractivity contribution in [1.82, 2.24) is 4.72 Å². The minimum Gasteiger partial charge on any atom is -0.392 e. The summed E-state index contributed by atoms with van der Waals surface area (Å²) in [5, 5.41) is 9.17. The fourth-order valence-corrected chi connectivity index (χ4v) is 4.28. The summed E-state index contributed by atoms with van der Waals surface area (Å²) >= 11 is 1.70. The van der Waals surface area contributed by atoms with E-state index in [0.29, 0.717) is 12.0 Å². The summed E-state index contributed by atoms with van der Waals surface area (Å²) in [6.07, 6.45) is 0.639. The Labute approximate surface area is 126 Å². The first-order valence-corrected chi connectivity index (χ1v) is 9.41. The van der Waals surface area contributed by atoms with E-state index in [0.717, 1.165) is 17.1 Å². The molecule has 0 heterocycles. The molecular formula is C14H23NO3S2. The first kappa shape index (κ1) is 17.5. The van der Waals surface area contributed by atoms with Crippen LogP contribution in [0.1, 0.15) is 31.9 Å². The molecule has 0 radical (unpaired) electrons. The Morgan fingerprint density at radius 2 is 2.05 bits per heavy atom. The molecule has 6 heteroatoms. The molecule has 1 atom stereocenters. The minimum atomic E-state index is -3.54. The maximum atomic E-state index is 12.5. The van der Waals surface area contributed by atoms with E-state index in [9.17, 15) is 13.5 Å². The normalized spacial score (nSPS) is 13.4. The number of aliphatic hydroxyl groups excluding tert-OH is 1. The Kier molecular flexibility index (Phi) is 7.02. The van der Waals surface area contributed by atoms with Gasteiger partial charge in [-0.15, -0.1) is 0 Å². The number of hydrogen-bond donors (Lipinski definition) is 2. The van der Waals surface area contributed by atoms with Crippen LogP contribution in [-0.2, 0) is 23.1 Å². The molecule has 4 nitrogen and oxygen atoms in total. The molecule has 1 aromatic rings. The van der Waals surface area contributed by atoms with Gasteiger partial charge in [0.1, 0.15) is 0 Å². The number of thioether (sulfide) groups is 1. The van der Waals surface area contributed by atoms with Crippen molar-refractivity contribution in [2.75, 3.05) is 11.5 Å². The topological polar surface area (TPSA) is 66.4 Å². The highest BCUT2D eigenvalue weighted by Crippen LogP contribution is 2.19. The summed E-state index contributed by atoms with van der Waals surface area (Å²) in [6.45, 7) is 5.67. The first-order chi connectivity index (χ1) is 9.44. The number of rotatable bonds is 8. The van der Waals surface area contributed by atoms with Gasteiger partial charge in [0.15, 0.2) is 0 Å². The van der Waals surface area contributed by atoms with Crippen molar-refractivity contribution in [3.63, 3.8) is 0 Å². The second kappa shape index (κ2) is 8.02. The molecule has 0 aliphatic heterocycles. The molecule has 0 aliphatic carbocycles. The molecule has 1 unspecified atom stereocenters. The number of hydrogen-bond acceptors (Lipinski definition) is 4. The van der Waals surface area contributed by atoms with Crippen LogP contribution in [0.4, 0.5) is 0 Å². The van der Waals surface area contributed by atoms with Crippen molar-refractivity contribution in [3.05, 3.63) is 29.3 Å². The molecule has 0 saturated heterocycles. The second-order valence-electron chi connectivity index (χ2n) is 4.64. The molecular weight excluding hydrogens is 294 g/mol. The zero-order valence-corrected chi connectivity index (χ0v) is 13.9. The summed E-state index contributed by atoms with van der Waals surface area (Å²) in [5.74, 6) is 1.71.